The summed E-state index contributed by atoms with van der Waals surface area (Å²) in [4.78, 5) is 21.4. The topological polar surface area (TPSA) is 69.4 Å². The van der Waals surface area contributed by atoms with Crippen LogP contribution in [-0.4, -0.2) is 24.4 Å². The van der Waals surface area contributed by atoms with E-state index in [1.165, 1.54) is 0 Å². The van der Waals surface area contributed by atoms with Crippen molar-refractivity contribution in [2.75, 3.05) is 0 Å². The number of nitrogens with two attached hydrogens (primary N) is 1. The molecule has 0 aliphatic rings. The lowest BCUT2D eigenvalue weighted by atomic mass is 10.1. The van der Waals surface area contributed by atoms with Gasteiger partial charge >= 0.3 is 5.97 Å². The summed E-state index contributed by atoms with van der Waals surface area (Å²) in [5, 5.41) is 0. The van der Waals surface area contributed by atoms with E-state index in [4.69, 9.17) is 10.5 Å². The average molecular weight is 186 g/mol. The average Bonchev–Trinajstić information content (AvgIpc) is 2.12. The summed E-state index contributed by atoms with van der Waals surface area (Å²) < 4.78 is 4.78. The van der Waals surface area contributed by atoms with E-state index in [1.54, 1.807) is 13.2 Å². The first kappa shape index (κ1) is 12.1. The van der Waals surface area contributed by atoms with E-state index in [2.05, 4.69) is 0 Å². The van der Waals surface area contributed by atoms with E-state index in [-0.39, 0.29) is 5.92 Å². The number of rotatable bonds is 5. The second-order valence-corrected chi connectivity index (χ2v) is 3.22. The summed E-state index contributed by atoms with van der Waals surface area (Å²) in [5.74, 6) is -0.526. The Bertz CT molecular complexity index is 180. The molecule has 13 heavy (non-hydrogen) atoms. The lowest BCUT2D eigenvalue weighted by Gasteiger charge is -2.16. The largest absolute Gasteiger partial charge is 0.453 e. The van der Waals surface area contributed by atoms with Crippen LogP contribution in [0.5, 0.6) is 0 Å². The SMILES string of the molecule is CCC([C]=O)OC(=O)[C@@H](N)C(C)C. The maximum atomic E-state index is 11.2. The molecule has 0 aromatic heterocycles. The van der Waals surface area contributed by atoms with Crippen molar-refractivity contribution in [1.82, 2.24) is 0 Å². The molecule has 0 rings (SSSR count). The molecule has 0 saturated carbocycles. The number of hydrogen-bond donors (Lipinski definition) is 1. The van der Waals surface area contributed by atoms with Crippen LogP contribution in [0.15, 0.2) is 0 Å². The zero-order chi connectivity index (χ0) is 10.4. The lowest BCUT2D eigenvalue weighted by Crippen LogP contribution is -2.39. The number of hydrogen-bond acceptors (Lipinski definition) is 4. The van der Waals surface area contributed by atoms with Crippen LogP contribution in [-0.2, 0) is 14.3 Å². The Morgan fingerprint density at radius 1 is 1.54 bits per heavy atom. The van der Waals surface area contributed by atoms with Crippen molar-refractivity contribution in [3.8, 4) is 0 Å². The molecule has 0 fully saturated rings. The Kier molecular flexibility index (Phi) is 5.30. The Morgan fingerprint density at radius 3 is 2.38 bits per heavy atom. The van der Waals surface area contributed by atoms with Gasteiger partial charge in [0.15, 0.2) is 6.10 Å². The van der Waals surface area contributed by atoms with Gasteiger partial charge in [0, 0.05) is 0 Å². The molecule has 1 unspecified atom stereocenters. The molecule has 0 heterocycles. The standard InChI is InChI=1S/C9H16NO3/c1-4-7(5-11)13-9(12)8(10)6(2)3/h6-8H,4,10H2,1-3H3/t7?,8-/m0/s1. The summed E-state index contributed by atoms with van der Waals surface area (Å²) in [6, 6.07) is -0.664. The van der Waals surface area contributed by atoms with E-state index in [9.17, 15) is 9.59 Å². The highest BCUT2D eigenvalue weighted by molar-refractivity contribution is 5.77. The van der Waals surface area contributed by atoms with Crippen LogP contribution in [0.4, 0.5) is 0 Å². The first-order chi connectivity index (χ1) is 6.02. The Labute approximate surface area is 78.4 Å². The van der Waals surface area contributed by atoms with Gasteiger partial charge in [0.2, 0.25) is 6.29 Å². The van der Waals surface area contributed by atoms with Crippen LogP contribution in [0.2, 0.25) is 0 Å². The maximum Gasteiger partial charge on any atom is 0.323 e. The van der Waals surface area contributed by atoms with Gasteiger partial charge < -0.3 is 10.5 Å². The molecule has 1 radical (unpaired) electrons. The van der Waals surface area contributed by atoms with Gasteiger partial charge in [-0.3, -0.25) is 9.59 Å². The minimum Gasteiger partial charge on any atom is -0.453 e. The van der Waals surface area contributed by atoms with Crippen molar-refractivity contribution in [3.05, 3.63) is 0 Å². The second kappa shape index (κ2) is 5.70. The molecule has 0 aromatic rings. The molecule has 0 bridgehead atoms. The molecule has 2 N–H and O–H groups in total. The predicted octanol–water partition coefficient (Wildman–Crippen LogP) is 0.401. The van der Waals surface area contributed by atoms with Gasteiger partial charge in [-0.05, 0) is 12.3 Å². The smallest absolute Gasteiger partial charge is 0.323 e. The molecule has 0 saturated heterocycles. The summed E-state index contributed by atoms with van der Waals surface area (Å²) in [7, 11) is 0. The molecule has 0 amide bonds. The first-order valence-electron chi connectivity index (χ1n) is 4.36. The maximum absolute atomic E-state index is 11.2. The fraction of sp³-hybridized carbons (Fsp3) is 0.778. The molecular formula is C9H16NO3. The van der Waals surface area contributed by atoms with Crippen LogP contribution in [0.1, 0.15) is 27.2 Å². The van der Waals surface area contributed by atoms with Gasteiger partial charge in [-0.25, -0.2) is 0 Å². The Hall–Kier alpha value is -0.900. The van der Waals surface area contributed by atoms with E-state index >= 15 is 0 Å². The molecule has 4 nitrogen and oxygen atoms in total. The van der Waals surface area contributed by atoms with Gasteiger partial charge in [-0.2, -0.15) is 0 Å². The highest BCUT2D eigenvalue weighted by Crippen LogP contribution is 2.03. The van der Waals surface area contributed by atoms with Crippen LogP contribution in [0, 0.1) is 5.92 Å². The van der Waals surface area contributed by atoms with Crippen molar-refractivity contribution < 1.29 is 14.3 Å². The van der Waals surface area contributed by atoms with Crippen LogP contribution in [0.25, 0.3) is 0 Å². The predicted molar refractivity (Wildman–Crippen MR) is 48.7 cm³/mol. The molecule has 0 aliphatic heterocycles. The third kappa shape index (κ3) is 4.03. The Balaban J connectivity index is 4.05. The van der Waals surface area contributed by atoms with E-state index in [0.717, 1.165) is 0 Å². The highest BCUT2D eigenvalue weighted by atomic mass is 16.5. The van der Waals surface area contributed by atoms with Crippen LogP contribution >= 0.6 is 0 Å². The Morgan fingerprint density at radius 2 is 2.08 bits per heavy atom. The molecule has 2 atom stereocenters. The fourth-order valence-electron chi connectivity index (χ4n) is 0.682. The fourth-order valence-corrected chi connectivity index (χ4v) is 0.682. The van der Waals surface area contributed by atoms with Crippen LogP contribution in [0.3, 0.4) is 0 Å². The minimum atomic E-state index is -0.780. The van der Waals surface area contributed by atoms with Crippen LogP contribution < -0.4 is 5.73 Å². The van der Waals surface area contributed by atoms with Gasteiger partial charge in [0.25, 0.3) is 0 Å². The molecular weight excluding hydrogens is 170 g/mol. The molecule has 0 spiro atoms. The molecule has 0 aliphatic carbocycles. The highest BCUT2D eigenvalue weighted by Gasteiger charge is 2.21. The van der Waals surface area contributed by atoms with Gasteiger partial charge in [-0.1, -0.05) is 20.8 Å². The number of carbonyl (C=O) groups is 1. The quantitative estimate of drug-likeness (QED) is 0.631. The molecule has 0 aromatic carbocycles. The minimum absolute atomic E-state index is 0.0108. The van der Waals surface area contributed by atoms with Gasteiger partial charge in [0.1, 0.15) is 6.04 Å². The second-order valence-electron chi connectivity index (χ2n) is 3.22. The van der Waals surface area contributed by atoms with E-state index in [0.29, 0.717) is 6.42 Å². The zero-order valence-electron chi connectivity index (χ0n) is 8.24. The zero-order valence-corrected chi connectivity index (χ0v) is 8.24. The lowest BCUT2D eigenvalue weighted by molar-refractivity contribution is -0.148. The monoisotopic (exact) mass is 186 g/mol. The molecule has 4 heteroatoms. The summed E-state index contributed by atoms with van der Waals surface area (Å²) >= 11 is 0. The van der Waals surface area contributed by atoms with Gasteiger partial charge in [-0.15, -0.1) is 0 Å². The summed E-state index contributed by atoms with van der Waals surface area (Å²) in [6.07, 6.45) is 1.28. The number of carbonyl (C=O) groups excluding carboxylic acids is 2. The first-order valence-corrected chi connectivity index (χ1v) is 4.36. The van der Waals surface area contributed by atoms with Crippen molar-refractivity contribution in [2.45, 2.75) is 39.3 Å². The normalized spacial score (nSPS) is 15.2. The van der Waals surface area contributed by atoms with Crippen molar-refractivity contribution >= 4 is 12.3 Å². The van der Waals surface area contributed by atoms with E-state index < -0.39 is 18.1 Å². The summed E-state index contributed by atoms with van der Waals surface area (Å²) in [6.45, 7) is 5.37. The molecule has 75 valence electrons. The van der Waals surface area contributed by atoms with E-state index in [1.807, 2.05) is 13.8 Å². The van der Waals surface area contributed by atoms with Crippen molar-refractivity contribution in [1.29, 1.82) is 0 Å². The third-order valence-corrected chi connectivity index (χ3v) is 1.75. The summed E-state index contributed by atoms with van der Waals surface area (Å²) in [5.41, 5.74) is 5.51. The van der Waals surface area contributed by atoms with Crippen molar-refractivity contribution in [2.24, 2.45) is 11.7 Å². The van der Waals surface area contributed by atoms with Crippen molar-refractivity contribution in [3.63, 3.8) is 0 Å². The number of esters is 1. The van der Waals surface area contributed by atoms with Gasteiger partial charge in [0.05, 0.1) is 0 Å². The third-order valence-electron chi connectivity index (χ3n) is 1.75. The number of ether oxygens (including phenoxy) is 1.